The first kappa shape index (κ1) is 7.81. The Morgan fingerprint density at radius 3 is 2.83 bits per heavy atom. The minimum atomic E-state index is 0.361. The van der Waals surface area contributed by atoms with E-state index in [2.05, 4.69) is 38.1 Å². The fourth-order valence-corrected chi connectivity index (χ4v) is 1.73. The Kier molecular flexibility index (Phi) is 1.89. The predicted molar refractivity (Wildman–Crippen MR) is 49.1 cm³/mol. The molecule has 0 N–H and O–H groups in total. The smallest absolute Gasteiger partial charge is 0.0723 e. The molecule has 2 rings (SSSR count). The zero-order chi connectivity index (χ0) is 8.55. The van der Waals surface area contributed by atoms with E-state index in [-0.39, 0.29) is 0 Å². The fraction of sp³-hybridized carbons (Fsp3) is 0.455. The molecule has 1 aromatic carbocycles. The van der Waals surface area contributed by atoms with Gasteiger partial charge in [0.2, 0.25) is 0 Å². The van der Waals surface area contributed by atoms with Crippen LogP contribution in [0.25, 0.3) is 0 Å². The van der Waals surface area contributed by atoms with Crippen LogP contribution in [0.1, 0.15) is 30.9 Å². The molecule has 0 aliphatic carbocycles. The van der Waals surface area contributed by atoms with Gasteiger partial charge in [0.1, 0.15) is 0 Å². The zero-order valence-electron chi connectivity index (χ0n) is 7.58. The second kappa shape index (κ2) is 2.91. The van der Waals surface area contributed by atoms with Crippen molar-refractivity contribution in [2.24, 2.45) is 0 Å². The maximum absolute atomic E-state index is 5.62. The highest BCUT2D eigenvalue weighted by Crippen LogP contribution is 2.30. The van der Waals surface area contributed by atoms with Crippen LogP contribution in [0.5, 0.6) is 0 Å². The second-order valence-corrected chi connectivity index (χ2v) is 3.50. The molecule has 0 spiro atoms. The lowest BCUT2D eigenvalue weighted by molar-refractivity contribution is 0.0242. The topological polar surface area (TPSA) is 9.23 Å². The van der Waals surface area contributed by atoms with E-state index in [4.69, 9.17) is 4.74 Å². The molecule has 1 heteroatoms. The summed E-state index contributed by atoms with van der Waals surface area (Å²) in [6, 6.07) is 8.54. The largest absolute Gasteiger partial charge is 0.373 e. The molecule has 0 bridgehead atoms. The van der Waals surface area contributed by atoms with E-state index in [9.17, 15) is 0 Å². The lowest BCUT2D eigenvalue weighted by Crippen LogP contribution is -2.22. The van der Waals surface area contributed by atoms with Crippen molar-refractivity contribution in [3.63, 3.8) is 0 Å². The van der Waals surface area contributed by atoms with Crippen molar-refractivity contribution < 1.29 is 4.74 Å². The second-order valence-electron chi connectivity index (χ2n) is 3.50. The van der Waals surface area contributed by atoms with E-state index in [1.54, 1.807) is 0 Å². The molecular weight excluding hydrogens is 148 g/mol. The first-order valence-corrected chi connectivity index (χ1v) is 4.48. The Labute approximate surface area is 73.4 Å². The van der Waals surface area contributed by atoms with E-state index in [0.717, 1.165) is 6.61 Å². The third-order valence-electron chi connectivity index (χ3n) is 2.75. The standard InChI is InChI=1S/C11H14O/c1-8-9(2)12-7-10-5-3-4-6-11(8)10/h3-6,8-9H,7H2,1-2H3/t8-,9-/m0/s1. The van der Waals surface area contributed by atoms with Gasteiger partial charge >= 0.3 is 0 Å². The van der Waals surface area contributed by atoms with Crippen LogP contribution in [-0.4, -0.2) is 6.10 Å². The maximum atomic E-state index is 5.62. The number of hydrogen-bond acceptors (Lipinski definition) is 1. The van der Waals surface area contributed by atoms with Crippen molar-refractivity contribution in [2.75, 3.05) is 0 Å². The SMILES string of the molecule is C[C@@H]1OCc2ccccc2[C@H]1C. The fourth-order valence-electron chi connectivity index (χ4n) is 1.73. The van der Waals surface area contributed by atoms with Crippen LogP contribution in [0.15, 0.2) is 24.3 Å². The number of fused-ring (bicyclic) bond motifs is 1. The average Bonchev–Trinajstić information content (AvgIpc) is 2.12. The van der Waals surface area contributed by atoms with Gasteiger partial charge in [-0.2, -0.15) is 0 Å². The summed E-state index contributed by atoms with van der Waals surface area (Å²) in [7, 11) is 0. The Morgan fingerprint density at radius 1 is 1.25 bits per heavy atom. The van der Waals surface area contributed by atoms with E-state index < -0.39 is 0 Å². The van der Waals surface area contributed by atoms with Gasteiger partial charge in [0.25, 0.3) is 0 Å². The average molecular weight is 162 g/mol. The molecule has 1 heterocycles. The Morgan fingerprint density at radius 2 is 2.00 bits per heavy atom. The molecule has 1 nitrogen and oxygen atoms in total. The first-order valence-electron chi connectivity index (χ1n) is 4.48. The predicted octanol–water partition coefficient (Wildman–Crippen LogP) is 2.71. The summed E-state index contributed by atoms with van der Waals surface area (Å²) in [5.41, 5.74) is 2.80. The van der Waals surface area contributed by atoms with Gasteiger partial charge in [-0.25, -0.2) is 0 Å². The quantitative estimate of drug-likeness (QED) is 0.570. The highest BCUT2D eigenvalue weighted by atomic mass is 16.5. The number of rotatable bonds is 0. The number of benzene rings is 1. The minimum absolute atomic E-state index is 0.361. The van der Waals surface area contributed by atoms with E-state index in [1.807, 2.05) is 0 Å². The molecule has 0 radical (unpaired) electrons. The van der Waals surface area contributed by atoms with Crippen LogP contribution in [0.4, 0.5) is 0 Å². The van der Waals surface area contributed by atoms with E-state index in [1.165, 1.54) is 11.1 Å². The van der Waals surface area contributed by atoms with E-state index >= 15 is 0 Å². The minimum Gasteiger partial charge on any atom is -0.373 e. The van der Waals surface area contributed by atoms with Crippen molar-refractivity contribution in [3.8, 4) is 0 Å². The number of ether oxygens (including phenoxy) is 1. The van der Waals surface area contributed by atoms with Gasteiger partial charge in [0.15, 0.2) is 0 Å². The Bertz CT molecular complexity index is 280. The van der Waals surface area contributed by atoms with Crippen LogP contribution in [-0.2, 0) is 11.3 Å². The summed E-state index contributed by atoms with van der Waals surface area (Å²) in [4.78, 5) is 0. The summed E-state index contributed by atoms with van der Waals surface area (Å²) >= 11 is 0. The molecule has 12 heavy (non-hydrogen) atoms. The summed E-state index contributed by atoms with van der Waals surface area (Å²) in [5, 5.41) is 0. The highest BCUT2D eigenvalue weighted by Gasteiger charge is 2.22. The summed E-state index contributed by atoms with van der Waals surface area (Å²) in [5.74, 6) is 0.537. The van der Waals surface area contributed by atoms with Gasteiger partial charge < -0.3 is 4.74 Å². The van der Waals surface area contributed by atoms with Gasteiger partial charge in [-0.1, -0.05) is 31.2 Å². The Balaban J connectivity index is 2.42. The number of hydrogen-bond donors (Lipinski definition) is 0. The third-order valence-corrected chi connectivity index (χ3v) is 2.75. The van der Waals surface area contributed by atoms with Crippen molar-refractivity contribution in [1.82, 2.24) is 0 Å². The molecule has 1 aliphatic heterocycles. The van der Waals surface area contributed by atoms with Crippen molar-refractivity contribution in [3.05, 3.63) is 35.4 Å². The van der Waals surface area contributed by atoms with Gasteiger partial charge in [-0.3, -0.25) is 0 Å². The molecule has 0 saturated carbocycles. The molecule has 0 fully saturated rings. The lowest BCUT2D eigenvalue weighted by atomic mass is 9.90. The normalized spacial score (nSPS) is 28.2. The maximum Gasteiger partial charge on any atom is 0.0723 e. The molecule has 2 atom stereocenters. The van der Waals surface area contributed by atoms with Gasteiger partial charge in [-0.15, -0.1) is 0 Å². The molecule has 64 valence electrons. The van der Waals surface area contributed by atoms with Gasteiger partial charge in [0, 0.05) is 5.92 Å². The van der Waals surface area contributed by atoms with Crippen LogP contribution < -0.4 is 0 Å². The van der Waals surface area contributed by atoms with Gasteiger partial charge in [-0.05, 0) is 18.1 Å². The molecule has 0 saturated heterocycles. The third kappa shape index (κ3) is 1.14. The molecule has 0 amide bonds. The molecule has 1 aromatic rings. The first-order chi connectivity index (χ1) is 5.79. The molecular formula is C11H14O. The van der Waals surface area contributed by atoms with Crippen LogP contribution in [0.3, 0.4) is 0 Å². The van der Waals surface area contributed by atoms with Crippen LogP contribution in [0.2, 0.25) is 0 Å². The zero-order valence-corrected chi connectivity index (χ0v) is 7.58. The monoisotopic (exact) mass is 162 g/mol. The van der Waals surface area contributed by atoms with E-state index in [0.29, 0.717) is 12.0 Å². The summed E-state index contributed by atoms with van der Waals surface area (Å²) in [6.45, 7) is 5.14. The van der Waals surface area contributed by atoms with Crippen LogP contribution in [0, 0.1) is 0 Å². The molecule has 1 aliphatic rings. The Hall–Kier alpha value is -0.820. The summed E-state index contributed by atoms with van der Waals surface area (Å²) in [6.07, 6.45) is 0.361. The molecule has 0 unspecified atom stereocenters. The summed E-state index contributed by atoms with van der Waals surface area (Å²) < 4.78 is 5.62. The lowest BCUT2D eigenvalue weighted by Gasteiger charge is -2.28. The van der Waals surface area contributed by atoms with Crippen molar-refractivity contribution in [1.29, 1.82) is 0 Å². The van der Waals surface area contributed by atoms with Crippen LogP contribution >= 0.6 is 0 Å². The van der Waals surface area contributed by atoms with Crippen molar-refractivity contribution in [2.45, 2.75) is 32.5 Å². The molecule has 0 aromatic heterocycles. The highest BCUT2D eigenvalue weighted by molar-refractivity contribution is 5.31. The van der Waals surface area contributed by atoms with Gasteiger partial charge in [0.05, 0.1) is 12.7 Å². The van der Waals surface area contributed by atoms with Crippen molar-refractivity contribution >= 4 is 0 Å².